The number of rotatable bonds is 6. The minimum absolute atomic E-state index is 0.0218. The van der Waals surface area contributed by atoms with Crippen molar-refractivity contribution in [3.63, 3.8) is 0 Å². The number of ether oxygens (including phenoxy) is 6. The lowest BCUT2D eigenvalue weighted by atomic mass is 9.85. The van der Waals surface area contributed by atoms with Crippen LogP contribution in [0.5, 0.6) is 23.0 Å². The van der Waals surface area contributed by atoms with Crippen molar-refractivity contribution < 1.29 is 54.4 Å². The van der Waals surface area contributed by atoms with E-state index in [0.717, 1.165) is 72.3 Å². The molecule has 65 heavy (non-hydrogen) atoms. The highest BCUT2D eigenvalue weighted by molar-refractivity contribution is 7.86. The number of fused-ring (bicyclic) bond motifs is 7. The second-order valence-corrected chi connectivity index (χ2v) is 19.4. The third kappa shape index (κ3) is 8.54. The fraction of sp³-hybridized carbons (Fsp3) is 0.265. The zero-order valence-corrected chi connectivity index (χ0v) is 36.9. The number of nitrogens with zero attached hydrogens (tertiary/aromatic N) is 2. The van der Waals surface area contributed by atoms with Gasteiger partial charge in [-0.3, -0.25) is 9.11 Å². The minimum atomic E-state index is -4.47. The van der Waals surface area contributed by atoms with Crippen molar-refractivity contribution in [2.24, 2.45) is 11.8 Å². The molecule has 336 valence electrons. The van der Waals surface area contributed by atoms with Gasteiger partial charge in [0.1, 0.15) is 9.79 Å². The molecule has 0 bridgehead atoms. The molecule has 0 saturated carbocycles. The molecular weight excluding hydrogens is 873 g/mol. The van der Waals surface area contributed by atoms with Crippen molar-refractivity contribution in [2.75, 3.05) is 40.4 Å². The second kappa shape index (κ2) is 17.4. The highest BCUT2D eigenvalue weighted by Gasteiger charge is 2.48. The van der Waals surface area contributed by atoms with Crippen LogP contribution in [-0.4, -0.2) is 75.8 Å². The molecule has 1 aromatic heterocycles. The summed E-state index contributed by atoms with van der Waals surface area (Å²) in [5, 5.41) is 1.47. The van der Waals surface area contributed by atoms with E-state index in [1.165, 1.54) is 52.0 Å². The van der Waals surface area contributed by atoms with E-state index in [2.05, 4.69) is 83.2 Å². The Morgan fingerprint density at radius 2 is 1.09 bits per heavy atom. The molecule has 0 spiro atoms. The molecule has 4 unspecified atom stereocenters. The molecule has 7 aromatic rings. The van der Waals surface area contributed by atoms with Gasteiger partial charge in [0.15, 0.2) is 23.0 Å². The Morgan fingerprint density at radius 1 is 0.585 bits per heavy atom. The SMILES string of the molecule is CN1CCc2c(c3ccccc3n2Cc2ccccc2)C1.O=S(=O)(O)c1cccc2c(S(=O)(=O)O)cccc12.c1cc2c(cc1C1OCC3C(c4ccc5c(c4)OCO5)OCC13)OCO2. The Kier molecular flexibility index (Phi) is 11.5. The largest absolute Gasteiger partial charge is 0.454 e. The lowest BCUT2D eigenvalue weighted by molar-refractivity contribution is 0.0192. The van der Waals surface area contributed by atoms with Crippen LogP contribution in [0.1, 0.15) is 40.2 Å². The van der Waals surface area contributed by atoms with Crippen LogP contribution in [0, 0.1) is 11.8 Å². The molecule has 0 aliphatic carbocycles. The molecule has 0 radical (unpaired) electrons. The zero-order valence-electron chi connectivity index (χ0n) is 35.3. The Bertz CT molecular complexity index is 3000. The monoisotopic (exact) mass is 918 g/mol. The van der Waals surface area contributed by atoms with Crippen molar-refractivity contribution in [1.82, 2.24) is 9.47 Å². The number of benzene rings is 6. The molecule has 16 heteroatoms. The standard InChI is InChI=1S/C20H18O6.C19H20N2.C10H8O6S2/c1-3-15-17(25-9-23-15)5-11(1)19-13-7-22-20(14(13)8-21-19)12-2-4-16-18(6-12)26-10-24-16;1-20-12-11-19-17(14-20)16-9-5-6-10-18(16)21(19)13-15-7-3-2-4-8-15;11-17(12,13)9-5-1-3-7-8(9)4-2-6-10(7)18(14,15)16/h1-6,13-14,19-20H,7-10H2;2-10H,11-14H2,1H3;1-6H,(H,11,12,13)(H,14,15,16). The molecule has 6 heterocycles. The van der Waals surface area contributed by atoms with Gasteiger partial charge in [-0.1, -0.05) is 84.9 Å². The fourth-order valence-corrected chi connectivity index (χ4v) is 11.0. The Labute approximate surface area is 376 Å². The molecule has 2 N–H and O–H groups in total. The van der Waals surface area contributed by atoms with Gasteiger partial charge in [-0.05, 0) is 71.8 Å². The molecule has 2 fully saturated rings. The van der Waals surface area contributed by atoms with Crippen molar-refractivity contribution in [2.45, 2.75) is 41.5 Å². The summed E-state index contributed by atoms with van der Waals surface area (Å²) in [7, 11) is -6.72. The summed E-state index contributed by atoms with van der Waals surface area (Å²) in [6, 6.07) is 39.2. The van der Waals surface area contributed by atoms with Gasteiger partial charge >= 0.3 is 0 Å². The van der Waals surface area contributed by atoms with Gasteiger partial charge in [-0.15, -0.1) is 0 Å². The van der Waals surface area contributed by atoms with Gasteiger partial charge in [-0.2, -0.15) is 16.8 Å². The van der Waals surface area contributed by atoms with Crippen LogP contribution in [0.25, 0.3) is 21.7 Å². The smallest absolute Gasteiger partial charge is 0.295 e. The van der Waals surface area contributed by atoms with Crippen LogP contribution in [0.3, 0.4) is 0 Å². The van der Waals surface area contributed by atoms with E-state index >= 15 is 0 Å². The van der Waals surface area contributed by atoms with E-state index in [1.807, 2.05) is 24.3 Å². The van der Waals surface area contributed by atoms with Gasteiger partial charge in [-0.25, -0.2) is 0 Å². The summed E-state index contributed by atoms with van der Waals surface area (Å²) in [6.45, 7) is 5.12. The van der Waals surface area contributed by atoms with E-state index < -0.39 is 30.0 Å². The average Bonchev–Trinajstić information content (AvgIpc) is 4.16. The zero-order chi connectivity index (χ0) is 44.9. The first kappa shape index (κ1) is 42.9. The minimum Gasteiger partial charge on any atom is -0.454 e. The van der Waals surface area contributed by atoms with Gasteiger partial charge in [0, 0.05) is 65.3 Å². The Balaban J connectivity index is 0.000000117. The first-order valence-corrected chi connectivity index (χ1v) is 24.1. The fourth-order valence-electron chi connectivity index (χ4n) is 9.60. The number of para-hydroxylation sites is 1. The van der Waals surface area contributed by atoms with Crippen molar-refractivity contribution in [3.05, 3.63) is 155 Å². The summed E-state index contributed by atoms with van der Waals surface area (Å²) < 4.78 is 99.4. The maximum Gasteiger partial charge on any atom is 0.295 e. The number of aromatic nitrogens is 1. The molecule has 6 aromatic carbocycles. The summed E-state index contributed by atoms with van der Waals surface area (Å²) in [5.41, 5.74) is 8.04. The van der Waals surface area contributed by atoms with Crippen molar-refractivity contribution in [3.8, 4) is 23.0 Å². The quantitative estimate of drug-likeness (QED) is 0.153. The first-order chi connectivity index (χ1) is 31.4. The van der Waals surface area contributed by atoms with Crippen LogP contribution in [0.4, 0.5) is 0 Å². The third-order valence-electron chi connectivity index (χ3n) is 12.6. The van der Waals surface area contributed by atoms with E-state index in [9.17, 15) is 16.8 Å². The average molecular weight is 919 g/mol. The van der Waals surface area contributed by atoms with Gasteiger partial charge in [0.05, 0.1) is 25.4 Å². The molecular formula is C49H46N2O12S2. The third-order valence-corrected chi connectivity index (χ3v) is 14.5. The van der Waals surface area contributed by atoms with Crippen molar-refractivity contribution in [1.29, 1.82) is 0 Å². The van der Waals surface area contributed by atoms with E-state index in [0.29, 0.717) is 25.0 Å². The van der Waals surface area contributed by atoms with E-state index in [-0.39, 0.29) is 36.6 Å². The van der Waals surface area contributed by atoms with Crippen LogP contribution < -0.4 is 18.9 Å². The summed E-state index contributed by atoms with van der Waals surface area (Å²) in [6.07, 6.45) is 1.19. The molecule has 0 amide bonds. The lowest BCUT2D eigenvalue weighted by Crippen LogP contribution is -2.27. The van der Waals surface area contributed by atoms with Crippen LogP contribution in [0.15, 0.2) is 137 Å². The Morgan fingerprint density at radius 3 is 1.65 bits per heavy atom. The van der Waals surface area contributed by atoms with Crippen LogP contribution in [-0.2, 0) is 49.2 Å². The van der Waals surface area contributed by atoms with Gasteiger partial charge in [0.25, 0.3) is 20.2 Å². The second-order valence-electron chi connectivity index (χ2n) is 16.6. The summed E-state index contributed by atoms with van der Waals surface area (Å²) in [4.78, 5) is 1.60. The molecule has 2 saturated heterocycles. The maximum absolute atomic E-state index is 11.2. The number of hydrogen-bond acceptors (Lipinski definition) is 11. The predicted octanol–water partition coefficient (Wildman–Crippen LogP) is 8.23. The Hall–Kier alpha value is -5.98. The lowest BCUT2D eigenvalue weighted by Gasteiger charge is -2.24. The van der Waals surface area contributed by atoms with Gasteiger partial charge in [0.2, 0.25) is 13.6 Å². The first-order valence-electron chi connectivity index (χ1n) is 21.2. The summed E-state index contributed by atoms with van der Waals surface area (Å²) >= 11 is 0. The topological polar surface area (TPSA) is 172 Å². The van der Waals surface area contributed by atoms with Crippen LogP contribution >= 0.6 is 0 Å². The highest BCUT2D eigenvalue weighted by Crippen LogP contribution is 2.52. The maximum atomic E-state index is 11.2. The molecule has 12 rings (SSSR count). The highest BCUT2D eigenvalue weighted by atomic mass is 32.2. The predicted molar refractivity (Wildman–Crippen MR) is 241 cm³/mol. The number of hydrogen-bond donors (Lipinski definition) is 2. The normalized spacial score (nSPS) is 20.7. The van der Waals surface area contributed by atoms with Gasteiger partial charge < -0.3 is 37.9 Å². The molecule has 14 nitrogen and oxygen atoms in total. The van der Waals surface area contributed by atoms with E-state index in [1.54, 1.807) is 0 Å². The molecule has 5 aliphatic rings. The summed E-state index contributed by atoms with van der Waals surface area (Å²) in [5.74, 6) is 3.83. The molecule has 5 aliphatic heterocycles. The van der Waals surface area contributed by atoms with Crippen molar-refractivity contribution >= 4 is 41.9 Å². The van der Waals surface area contributed by atoms with Crippen LogP contribution in [0.2, 0.25) is 0 Å². The molecule has 4 atom stereocenters. The van der Waals surface area contributed by atoms with E-state index in [4.69, 9.17) is 37.5 Å². The number of likely N-dealkylation sites (N-methyl/N-ethyl adjacent to an activating group) is 1.